The van der Waals surface area contributed by atoms with Gasteiger partial charge in [0.1, 0.15) is 11.6 Å². The number of hydrogen-bond donors (Lipinski definition) is 2. The molecule has 0 spiro atoms. The summed E-state index contributed by atoms with van der Waals surface area (Å²) in [5.74, 6) is -0.985. The molecule has 0 atom stereocenters. The predicted octanol–water partition coefficient (Wildman–Crippen LogP) is 5.03. The Morgan fingerprint density at radius 2 is 1.88 bits per heavy atom. The van der Waals surface area contributed by atoms with Crippen LogP contribution in [0.25, 0.3) is 0 Å². The summed E-state index contributed by atoms with van der Waals surface area (Å²) in [7, 11) is 0. The first-order valence-corrected chi connectivity index (χ1v) is 10.8. The van der Waals surface area contributed by atoms with Crippen molar-refractivity contribution in [3.05, 3.63) is 47.3 Å². The molecule has 10 heteroatoms. The van der Waals surface area contributed by atoms with Crippen molar-refractivity contribution in [2.45, 2.75) is 32.0 Å². The van der Waals surface area contributed by atoms with Gasteiger partial charge in [-0.25, -0.2) is 4.39 Å². The highest BCUT2D eigenvalue weighted by Crippen LogP contribution is 2.40. The van der Waals surface area contributed by atoms with E-state index in [2.05, 4.69) is 10.6 Å². The number of halogens is 4. The Morgan fingerprint density at radius 1 is 1.15 bits per heavy atom. The van der Waals surface area contributed by atoms with Crippen molar-refractivity contribution in [1.29, 1.82) is 0 Å². The minimum Gasteiger partial charge on any atom is -0.492 e. The molecule has 0 unspecified atom stereocenters. The number of morpholine rings is 1. The number of rotatable bonds is 7. The molecule has 6 nitrogen and oxygen atoms in total. The summed E-state index contributed by atoms with van der Waals surface area (Å²) in [5.41, 5.74) is -0.381. The summed E-state index contributed by atoms with van der Waals surface area (Å²) >= 11 is 0. The van der Waals surface area contributed by atoms with Crippen LogP contribution in [0.1, 0.15) is 35.7 Å². The van der Waals surface area contributed by atoms with E-state index >= 15 is 0 Å². The molecule has 2 aromatic rings. The Kier molecular flexibility index (Phi) is 6.64. The van der Waals surface area contributed by atoms with Gasteiger partial charge in [-0.15, -0.1) is 0 Å². The first kappa shape index (κ1) is 23.2. The van der Waals surface area contributed by atoms with Gasteiger partial charge in [0.15, 0.2) is 0 Å². The number of benzene rings is 2. The number of ether oxygens (including phenoxy) is 2. The molecule has 2 N–H and O–H groups in total. The van der Waals surface area contributed by atoms with Crippen LogP contribution >= 0.6 is 0 Å². The topological polar surface area (TPSA) is 62.8 Å². The molecule has 1 saturated heterocycles. The van der Waals surface area contributed by atoms with E-state index in [-0.39, 0.29) is 35.3 Å². The number of amides is 1. The highest BCUT2D eigenvalue weighted by Gasteiger charge is 2.35. The number of carbonyl (C=O) groups is 1. The number of carbonyl (C=O) groups excluding carboxylic acids is 1. The second kappa shape index (κ2) is 9.46. The Morgan fingerprint density at radius 3 is 2.52 bits per heavy atom. The molecule has 1 aliphatic carbocycles. The molecule has 2 fully saturated rings. The Bertz CT molecular complexity index is 1020. The number of alkyl halides is 3. The number of anilines is 3. The number of nitrogens with one attached hydrogen (secondary N) is 2. The first-order valence-electron chi connectivity index (χ1n) is 10.8. The Balaban J connectivity index is 1.63. The lowest BCUT2D eigenvalue weighted by molar-refractivity contribution is -0.136. The number of nitrogens with zero attached hydrogens (tertiary/aromatic N) is 1. The van der Waals surface area contributed by atoms with E-state index in [1.54, 1.807) is 6.92 Å². The highest BCUT2D eigenvalue weighted by molar-refractivity contribution is 5.96. The standard InChI is InChI=1S/C23H25F4N3O3/c1-2-33-21-12-16(22(31)30-7-9-32-10-8-30)18(24)13-20(21)29-15-5-6-17(23(25,26)27)19(11-15)28-14-3-4-14/h5-6,11-14,28-29H,2-4,7-10H2,1H3. The van der Waals surface area contributed by atoms with Crippen LogP contribution in [-0.2, 0) is 10.9 Å². The summed E-state index contributed by atoms with van der Waals surface area (Å²) in [6.07, 6.45) is -2.87. The van der Waals surface area contributed by atoms with Crippen LogP contribution in [-0.4, -0.2) is 49.8 Å². The third-order valence-corrected chi connectivity index (χ3v) is 5.44. The van der Waals surface area contributed by atoms with E-state index in [1.807, 2.05) is 0 Å². The molecular formula is C23H25F4N3O3. The lowest BCUT2D eigenvalue weighted by atomic mass is 10.1. The van der Waals surface area contributed by atoms with E-state index in [4.69, 9.17) is 9.47 Å². The van der Waals surface area contributed by atoms with Crippen LogP contribution < -0.4 is 15.4 Å². The van der Waals surface area contributed by atoms with Gasteiger partial charge in [0.2, 0.25) is 0 Å². The molecule has 2 aromatic carbocycles. The summed E-state index contributed by atoms with van der Waals surface area (Å²) in [6, 6.07) is 6.09. The zero-order chi connectivity index (χ0) is 23.6. The number of hydrogen-bond acceptors (Lipinski definition) is 5. The largest absolute Gasteiger partial charge is 0.492 e. The lowest BCUT2D eigenvalue weighted by Crippen LogP contribution is -2.41. The smallest absolute Gasteiger partial charge is 0.418 e. The SMILES string of the molecule is CCOc1cc(C(=O)N2CCOCC2)c(F)cc1Nc1ccc(C(F)(F)F)c(NC2CC2)c1. The fourth-order valence-electron chi connectivity index (χ4n) is 3.62. The van der Waals surface area contributed by atoms with Crippen LogP contribution in [0.5, 0.6) is 5.75 Å². The molecule has 1 aliphatic heterocycles. The third kappa shape index (κ3) is 5.50. The predicted molar refractivity (Wildman–Crippen MR) is 116 cm³/mol. The van der Waals surface area contributed by atoms with Crippen molar-refractivity contribution in [2.75, 3.05) is 43.5 Å². The molecule has 0 aromatic heterocycles. The van der Waals surface area contributed by atoms with E-state index in [0.29, 0.717) is 32.0 Å². The molecule has 33 heavy (non-hydrogen) atoms. The van der Waals surface area contributed by atoms with Crippen molar-refractivity contribution < 1.29 is 31.8 Å². The fourth-order valence-corrected chi connectivity index (χ4v) is 3.62. The van der Waals surface area contributed by atoms with Crippen LogP contribution in [0.4, 0.5) is 34.6 Å². The van der Waals surface area contributed by atoms with Crippen molar-refractivity contribution in [2.24, 2.45) is 0 Å². The molecule has 0 bridgehead atoms. The summed E-state index contributed by atoms with van der Waals surface area (Å²) in [4.78, 5) is 14.3. The maximum Gasteiger partial charge on any atom is 0.418 e. The Labute approximate surface area is 188 Å². The summed E-state index contributed by atoms with van der Waals surface area (Å²) < 4.78 is 65.9. The summed E-state index contributed by atoms with van der Waals surface area (Å²) in [5, 5.41) is 5.84. The highest BCUT2D eigenvalue weighted by atomic mass is 19.4. The van der Waals surface area contributed by atoms with Gasteiger partial charge in [0.25, 0.3) is 5.91 Å². The van der Waals surface area contributed by atoms with Crippen LogP contribution in [0.2, 0.25) is 0 Å². The molecular weight excluding hydrogens is 442 g/mol. The average molecular weight is 467 g/mol. The molecule has 178 valence electrons. The van der Waals surface area contributed by atoms with Gasteiger partial charge in [-0.05, 0) is 44.0 Å². The normalized spacial score (nSPS) is 16.5. The second-order valence-electron chi connectivity index (χ2n) is 7.97. The van der Waals surface area contributed by atoms with Crippen LogP contribution in [0.3, 0.4) is 0 Å². The molecule has 1 amide bonds. The zero-order valence-corrected chi connectivity index (χ0v) is 18.1. The molecule has 1 saturated carbocycles. The van der Waals surface area contributed by atoms with Gasteiger partial charge >= 0.3 is 6.18 Å². The minimum absolute atomic E-state index is 0.0169. The average Bonchev–Trinajstić information content (AvgIpc) is 3.59. The first-order chi connectivity index (χ1) is 15.8. The molecule has 2 aliphatic rings. The fraction of sp³-hybridized carbons (Fsp3) is 0.435. The zero-order valence-electron chi connectivity index (χ0n) is 18.1. The second-order valence-corrected chi connectivity index (χ2v) is 7.97. The lowest BCUT2D eigenvalue weighted by Gasteiger charge is -2.27. The van der Waals surface area contributed by atoms with E-state index in [0.717, 1.165) is 25.0 Å². The molecule has 1 heterocycles. The van der Waals surface area contributed by atoms with E-state index in [9.17, 15) is 22.4 Å². The van der Waals surface area contributed by atoms with Crippen LogP contribution in [0.15, 0.2) is 30.3 Å². The quantitative estimate of drug-likeness (QED) is 0.559. The monoisotopic (exact) mass is 467 g/mol. The Hall–Kier alpha value is -3.01. The van der Waals surface area contributed by atoms with Crippen molar-refractivity contribution in [1.82, 2.24) is 4.90 Å². The van der Waals surface area contributed by atoms with Gasteiger partial charge in [0.05, 0.1) is 36.6 Å². The van der Waals surface area contributed by atoms with Gasteiger partial charge in [-0.2, -0.15) is 13.2 Å². The van der Waals surface area contributed by atoms with E-state index in [1.165, 1.54) is 23.1 Å². The van der Waals surface area contributed by atoms with E-state index < -0.39 is 23.5 Å². The third-order valence-electron chi connectivity index (χ3n) is 5.44. The van der Waals surface area contributed by atoms with Crippen molar-refractivity contribution >= 4 is 23.0 Å². The van der Waals surface area contributed by atoms with Gasteiger partial charge in [0, 0.05) is 36.6 Å². The maximum absolute atomic E-state index is 14.9. The van der Waals surface area contributed by atoms with Gasteiger partial charge < -0.3 is 25.0 Å². The van der Waals surface area contributed by atoms with Crippen LogP contribution in [0, 0.1) is 5.82 Å². The summed E-state index contributed by atoms with van der Waals surface area (Å²) in [6.45, 7) is 3.50. The molecule has 0 radical (unpaired) electrons. The van der Waals surface area contributed by atoms with Crippen molar-refractivity contribution in [3.63, 3.8) is 0 Å². The maximum atomic E-state index is 14.9. The van der Waals surface area contributed by atoms with Gasteiger partial charge in [-0.1, -0.05) is 0 Å². The van der Waals surface area contributed by atoms with Gasteiger partial charge in [-0.3, -0.25) is 4.79 Å². The van der Waals surface area contributed by atoms with Crippen molar-refractivity contribution in [3.8, 4) is 5.75 Å². The molecule has 4 rings (SSSR count). The minimum atomic E-state index is -4.50.